The number of terminal acetylenes is 1. The first-order valence-corrected chi connectivity index (χ1v) is 4.40. The van der Waals surface area contributed by atoms with E-state index < -0.39 is 0 Å². The molecule has 1 aromatic carbocycles. The van der Waals surface area contributed by atoms with Gasteiger partial charge in [-0.05, 0) is 28.1 Å². The van der Waals surface area contributed by atoms with Gasteiger partial charge >= 0.3 is 0 Å². The van der Waals surface area contributed by atoms with E-state index in [0.717, 1.165) is 10.0 Å². The van der Waals surface area contributed by atoms with Crippen LogP contribution in [-0.4, -0.2) is 14.2 Å². The zero-order valence-electron chi connectivity index (χ0n) is 7.43. The molecule has 0 saturated carbocycles. The summed E-state index contributed by atoms with van der Waals surface area (Å²) in [5, 5.41) is 0. The van der Waals surface area contributed by atoms with Crippen molar-refractivity contribution in [1.82, 2.24) is 0 Å². The molecule has 1 aromatic rings. The Morgan fingerprint density at radius 3 is 2.46 bits per heavy atom. The van der Waals surface area contributed by atoms with Crippen LogP contribution in [0.15, 0.2) is 16.6 Å². The van der Waals surface area contributed by atoms with E-state index in [9.17, 15) is 0 Å². The summed E-state index contributed by atoms with van der Waals surface area (Å²) in [7, 11) is 3.16. The molecule has 0 aromatic heterocycles. The van der Waals surface area contributed by atoms with Crippen LogP contribution >= 0.6 is 15.9 Å². The molecule has 0 aliphatic carbocycles. The summed E-state index contributed by atoms with van der Waals surface area (Å²) in [6.07, 6.45) is 5.27. The molecule has 13 heavy (non-hydrogen) atoms. The minimum atomic E-state index is 0.629. The molecule has 0 bridgehead atoms. The number of ether oxygens (including phenoxy) is 2. The van der Waals surface area contributed by atoms with Crippen molar-refractivity contribution in [3.05, 3.63) is 22.2 Å². The first-order chi connectivity index (χ1) is 6.22. The average Bonchev–Trinajstić information content (AvgIpc) is 2.16. The van der Waals surface area contributed by atoms with Crippen molar-refractivity contribution in [2.45, 2.75) is 0 Å². The molecule has 0 atom stereocenters. The maximum atomic E-state index is 5.27. The summed E-state index contributed by atoms with van der Waals surface area (Å²) in [5.41, 5.74) is 0.754. The van der Waals surface area contributed by atoms with Gasteiger partial charge in [0.25, 0.3) is 0 Å². The Bertz CT molecular complexity index is 353. The van der Waals surface area contributed by atoms with Gasteiger partial charge in [-0.15, -0.1) is 6.42 Å². The highest BCUT2D eigenvalue weighted by Gasteiger charge is 2.08. The lowest BCUT2D eigenvalue weighted by Crippen LogP contribution is -1.92. The third-order valence-electron chi connectivity index (χ3n) is 1.60. The van der Waals surface area contributed by atoms with Crippen molar-refractivity contribution < 1.29 is 9.47 Å². The van der Waals surface area contributed by atoms with E-state index in [-0.39, 0.29) is 0 Å². The fourth-order valence-corrected chi connectivity index (χ4v) is 1.61. The quantitative estimate of drug-likeness (QED) is 0.740. The van der Waals surface area contributed by atoms with Crippen LogP contribution in [0.2, 0.25) is 0 Å². The second kappa shape index (κ2) is 4.20. The Labute approximate surface area is 86.0 Å². The van der Waals surface area contributed by atoms with Crippen molar-refractivity contribution in [3.8, 4) is 23.8 Å². The molecule has 0 saturated heterocycles. The zero-order chi connectivity index (χ0) is 9.84. The van der Waals surface area contributed by atoms with Crippen LogP contribution in [0.1, 0.15) is 5.56 Å². The molecule has 0 fully saturated rings. The second-order valence-corrected chi connectivity index (χ2v) is 3.19. The molecule has 0 radical (unpaired) electrons. The summed E-state index contributed by atoms with van der Waals surface area (Å²) in [6, 6.07) is 3.56. The third kappa shape index (κ3) is 1.96. The lowest BCUT2D eigenvalue weighted by atomic mass is 10.2. The van der Waals surface area contributed by atoms with Crippen LogP contribution in [0.4, 0.5) is 0 Å². The lowest BCUT2D eigenvalue weighted by molar-refractivity contribution is 0.353. The summed E-state index contributed by atoms with van der Waals surface area (Å²) in [4.78, 5) is 0. The zero-order valence-corrected chi connectivity index (χ0v) is 9.01. The van der Waals surface area contributed by atoms with Crippen LogP contribution < -0.4 is 9.47 Å². The highest BCUT2D eigenvalue weighted by Crippen LogP contribution is 2.35. The molecule has 68 valence electrons. The molecule has 0 N–H and O–H groups in total. The second-order valence-electron chi connectivity index (χ2n) is 2.34. The van der Waals surface area contributed by atoms with E-state index in [1.165, 1.54) is 0 Å². The first kappa shape index (κ1) is 9.94. The Morgan fingerprint density at radius 2 is 2.00 bits per heavy atom. The standard InChI is InChI=1S/C10H9BrO2/c1-4-7-5-8(11)10(13-3)9(6-7)12-2/h1,5-6H,2-3H3. The van der Waals surface area contributed by atoms with E-state index in [4.69, 9.17) is 15.9 Å². The molecule has 0 spiro atoms. The summed E-state index contributed by atoms with van der Waals surface area (Å²) in [5.74, 6) is 3.81. The molecule has 0 heterocycles. The summed E-state index contributed by atoms with van der Waals surface area (Å²) in [6.45, 7) is 0. The minimum Gasteiger partial charge on any atom is -0.493 e. The smallest absolute Gasteiger partial charge is 0.174 e. The molecule has 0 unspecified atom stereocenters. The Kier molecular flexibility index (Phi) is 3.21. The highest BCUT2D eigenvalue weighted by molar-refractivity contribution is 9.10. The Balaban J connectivity index is 3.31. The van der Waals surface area contributed by atoms with Gasteiger partial charge in [-0.25, -0.2) is 0 Å². The number of hydrogen-bond donors (Lipinski definition) is 0. The largest absolute Gasteiger partial charge is 0.493 e. The van der Waals surface area contributed by atoms with Crippen LogP contribution in [0.5, 0.6) is 11.5 Å². The number of halogens is 1. The molecular formula is C10H9BrO2. The minimum absolute atomic E-state index is 0.629. The van der Waals surface area contributed by atoms with Crippen molar-refractivity contribution in [2.75, 3.05) is 14.2 Å². The highest BCUT2D eigenvalue weighted by atomic mass is 79.9. The van der Waals surface area contributed by atoms with Crippen molar-refractivity contribution in [2.24, 2.45) is 0 Å². The van der Waals surface area contributed by atoms with Gasteiger partial charge in [0.2, 0.25) is 0 Å². The molecular weight excluding hydrogens is 232 g/mol. The van der Waals surface area contributed by atoms with Crippen molar-refractivity contribution >= 4 is 15.9 Å². The van der Waals surface area contributed by atoms with E-state index in [1.807, 2.05) is 0 Å². The topological polar surface area (TPSA) is 18.5 Å². The predicted molar refractivity (Wildman–Crippen MR) is 55.2 cm³/mol. The SMILES string of the molecule is C#Cc1cc(Br)c(OC)c(OC)c1. The molecule has 1 rings (SSSR count). The maximum absolute atomic E-state index is 5.27. The van der Waals surface area contributed by atoms with Crippen molar-refractivity contribution in [1.29, 1.82) is 0 Å². The van der Waals surface area contributed by atoms with Gasteiger partial charge in [0.05, 0.1) is 18.7 Å². The van der Waals surface area contributed by atoms with Crippen LogP contribution in [0.25, 0.3) is 0 Å². The van der Waals surface area contributed by atoms with Crippen LogP contribution in [-0.2, 0) is 0 Å². The Morgan fingerprint density at radius 1 is 1.31 bits per heavy atom. The van der Waals surface area contributed by atoms with Gasteiger partial charge in [0, 0.05) is 5.56 Å². The molecule has 0 aliphatic rings. The van der Waals surface area contributed by atoms with E-state index in [2.05, 4.69) is 21.9 Å². The van der Waals surface area contributed by atoms with Crippen LogP contribution in [0.3, 0.4) is 0 Å². The fraction of sp³-hybridized carbons (Fsp3) is 0.200. The first-order valence-electron chi connectivity index (χ1n) is 3.61. The van der Waals surface area contributed by atoms with E-state index in [1.54, 1.807) is 26.4 Å². The monoisotopic (exact) mass is 240 g/mol. The van der Waals surface area contributed by atoms with Crippen LogP contribution in [0, 0.1) is 12.3 Å². The lowest BCUT2D eigenvalue weighted by Gasteiger charge is -2.09. The van der Waals surface area contributed by atoms with E-state index >= 15 is 0 Å². The number of hydrogen-bond acceptors (Lipinski definition) is 2. The number of methoxy groups -OCH3 is 2. The van der Waals surface area contributed by atoms with Gasteiger partial charge < -0.3 is 9.47 Å². The van der Waals surface area contributed by atoms with Crippen molar-refractivity contribution in [3.63, 3.8) is 0 Å². The van der Waals surface area contributed by atoms with Gasteiger partial charge in [0.1, 0.15) is 0 Å². The van der Waals surface area contributed by atoms with Gasteiger partial charge in [-0.3, -0.25) is 0 Å². The third-order valence-corrected chi connectivity index (χ3v) is 2.19. The molecule has 3 heteroatoms. The fourth-order valence-electron chi connectivity index (χ4n) is 1.00. The molecule has 0 amide bonds. The average molecular weight is 241 g/mol. The van der Waals surface area contributed by atoms with Gasteiger partial charge in [0.15, 0.2) is 11.5 Å². The van der Waals surface area contributed by atoms with E-state index in [0.29, 0.717) is 11.5 Å². The van der Waals surface area contributed by atoms with Gasteiger partial charge in [-0.1, -0.05) is 5.92 Å². The predicted octanol–water partition coefficient (Wildman–Crippen LogP) is 2.45. The maximum Gasteiger partial charge on any atom is 0.174 e. The Hall–Kier alpha value is -1.14. The number of rotatable bonds is 2. The summed E-state index contributed by atoms with van der Waals surface area (Å²) < 4.78 is 11.0. The number of benzene rings is 1. The molecule has 2 nitrogen and oxygen atoms in total. The molecule has 0 aliphatic heterocycles. The van der Waals surface area contributed by atoms with Gasteiger partial charge in [-0.2, -0.15) is 0 Å². The summed E-state index contributed by atoms with van der Waals surface area (Å²) >= 11 is 3.34. The normalized spacial score (nSPS) is 9.08.